The largest absolute Gasteiger partial charge is 0.497 e. The van der Waals surface area contributed by atoms with Crippen LogP contribution in [0.4, 0.5) is 5.82 Å². The number of hydrogen-bond acceptors (Lipinski definition) is 5. The molecule has 7 nitrogen and oxygen atoms in total. The van der Waals surface area contributed by atoms with Crippen LogP contribution < -0.4 is 9.64 Å². The highest BCUT2D eigenvalue weighted by atomic mass is 16.5. The van der Waals surface area contributed by atoms with Gasteiger partial charge in [0.2, 0.25) is 5.96 Å². The fraction of sp³-hybridized carbons (Fsp3) is 0.219. The molecule has 1 atom stereocenters. The Morgan fingerprint density at radius 1 is 0.923 bits per heavy atom. The van der Waals surface area contributed by atoms with Crippen molar-refractivity contribution in [3.63, 3.8) is 0 Å². The quantitative estimate of drug-likeness (QED) is 0.352. The Morgan fingerprint density at radius 3 is 2.33 bits per heavy atom. The molecule has 0 N–H and O–H groups in total. The molecule has 4 aromatic rings. The summed E-state index contributed by atoms with van der Waals surface area (Å²) < 4.78 is 7.27. The van der Waals surface area contributed by atoms with Crippen LogP contribution in [0.15, 0.2) is 89.9 Å². The van der Waals surface area contributed by atoms with Gasteiger partial charge >= 0.3 is 0 Å². The molecule has 39 heavy (non-hydrogen) atoms. The normalized spacial score (nSPS) is 15.8. The van der Waals surface area contributed by atoms with E-state index >= 15 is 0 Å². The average molecular weight is 516 g/mol. The van der Waals surface area contributed by atoms with Crippen molar-refractivity contribution >= 4 is 17.7 Å². The van der Waals surface area contributed by atoms with E-state index in [1.54, 1.807) is 12.0 Å². The Balaban J connectivity index is 1.42. The minimum Gasteiger partial charge on any atom is -0.497 e. The van der Waals surface area contributed by atoms with Gasteiger partial charge in [-0.05, 0) is 54.7 Å². The zero-order valence-electron chi connectivity index (χ0n) is 22.0. The lowest BCUT2D eigenvalue weighted by molar-refractivity contribution is 0.0836. The van der Waals surface area contributed by atoms with Crippen molar-refractivity contribution in [2.75, 3.05) is 25.1 Å². The van der Waals surface area contributed by atoms with Gasteiger partial charge in [-0.15, -0.1) is 0 Å². The number of amides is 1. The fourth-order valence-electron chi connectivity index (χ4n) is 5.11. The molecular weight excluding hydrogens is 486 g/mol. The smallest absolute Gasteiger partial charge is 0.281 e. The third kappa shape index (κ3) is 4.77. The number of carbonyl (C=O) groups is 1. The summed E-state index contributed by atoms with van der Waals surface area (Å²) in [7, 11) is 1.65. The van der Waals surface area contributed by atoms with Gasteiger partial charge in [-0.2, -0.15) is 0 Å². The van der Waals surface area contributed by atoms with Crippen LogP contribution in [0.5, 0.6) is 5.75 Å². The maximum atomic E-state index is 13.9. The van der Waals surface area contributed by atoms with Crippen LogP contribution in [0.3, 0.4) is 0 Å². The van der Waals surface area contributed by atoms with Gasteiger partial charge in [0.15, 0.2) is 17.3 Å². The molecule has 0 bridgehead atoms. The molecule has 1 amide bonds. The predicted octanol–water partition coefficient (Wildman–Crippen LogP) is 4.60. The Kier molecular flexibility index (Phi) is 6.60. The topological polar surface area (TPSA) is 63.0 Å². The highest BCUT2D eigenvalue weighted by molar-refractivity contribution is 6.18. The highest BCUT2D eigenvalue weighted by Crippen LogP contribution is 2.33. The summed E-state index contributed by atoms with van der Waals surface area (Å²) in [5, 5.41) is 0. The van der Waals surface area contributed by atoms with E-state index in [0.717, 1.165) is 23.3 Å². The van der Waals surface area contributed by atoms with E-state index in [2.05, 4.69) is 28.9 Å². The van der Waals surface area contributed by atoms with Gasteiger partial charge in [0, 0.05) is 12.1 Å². The second-order valence-corrected chi connectivity index (χ2v) is 9.59. The van der Waals surface area contributed by atoms with Gasteiger partial charge in [0.1, 0.15) is 5.75 Å². The number of rotatable bonds is 6. The number of aromatic nitrogens is 2. The molecule has 0 unspecified atom stereocenters. The van der Waals surface area contributed by atoms with E-state index in [4.69, 9.17) is 14.7 Å². The molecular formula is C32H29N5O2. The molecule has 0 fully saturated rings. The molecule has 2 aliphatic heterocycles. The zero-order chi connectivity index (χ0) is 26.8. The van der Waals surface area contributed by atoms with Crippen LogP contribution in [0.2, 0.25) is 0 Å². The number of hydrogen-bond donors (Lipinski definition) is 0. The van der Waals surface area contributed by atoms with E-state index in [9.17, 15) is 4.79 Å². The van der Waals surface area contributed by atoms with E-state index in [0.29, 0.717) is 42.9 Å². The summed E-state index contributed by atoms with van der Waals surface area (Å²) in [5.41, 5.74) is 3.69. The SMILES string of the molecule is CCN1C(=O)c2c(nc(C#Cc3ccccc3)n2Cc2ccc(OC)cc2)N2C[C@@H](Cc3ccccc3)N=C12. The van der Waals surface area contributed by atoms with Crippen LogP contribution in [0.1, 0.15) is 39.9 Å². The lowest BCUT2D eigenvalue weighted by Gasteiger charge is -2.32. The molecule has 0 saturated heterocycles. The van der Waals surface area contributed by atoms with Crippen molar-refractivity contribution in [2.24, 2.45) is 4.99 Å². The molecule has 2 aliphatic rings. The van der Waals surface area contributed by atoms with Gasteiger partial charge in [-0.3, -0.25) is 14.6 Å². The summed E-state index contributed by atoms with van der Waals surface area (Å²) in [6, 6.07) is 28.0. The van der Waals surface area contributed by atoms with Gasteiger partial charge < -0.3 is 9.30 Å². The molecule has 0 saturated carbocycles. The first-order valence-corrected chi connectivity index (χ1v) is 13.2. The first-order valence-electron chi connectivity index (χ1n) is 13.2. The maximum Gasteiger partial charge on any atom is 0.281 e. The number of aliphatic imine (C=N–C) groups is 1. The van der Waals surface area contributed by atoms with Crippen molar-refractivity contribution in [2.45, 2.75) is 25.9 Å². The Morgan fingerprint density at radius 2 is 1.64 bits per heavy atom. The summed E-state index contributed by atoms with van der Waals surface area (Å²) >= 11 is 0. The lowest BCUT2D eigenvalue weighted by atomic mass is 10.1. The first kappa shape index (κ1) is 24.5. The van der Waals surface area contributed by atoms with E-state index in [1.165, 1.54) is 5.56 Å². The van der Waals surface area contributed by atoms with Crippen molar-refractivity contribution in [1.82, 2.24) is 14.5 Å². The predicted molar refractivity (Wildman–Crippen MR) is 152 cm³/mol. The van der Waals surface area contributed by atoms with Crippen molar-refractivity contribution in [1.29, 1.82) is 0 Å². The number of nitrogens with zero attached hydrogens (tertiary/aromatic N) is 5. The number of guanidine groups is 1. The zero-order valence-corrected chi connectivity index (χ0v) is 22.0. The second-order valence-electron chi connectivity index (χ2n) is 9.59. The molecule has 6 rings (SSSR count). The summed E-state index contributed by atoms with van der Waals surface area (Å²) in [5.74, 6) is 9.02. The molecule has 0 spiro atoms. The number of imidazole rings is 1. The van der Waals surface area contributed by atoms with Crippen molar-refractivity contribution < 1.29 is 9.53 Å². The Labute approximate surface area is 228 Å². The van der Waals surface area contributed by atoms with Crippen LogP contribution in [-0.2, 0) is 13.0 Å². The average Bonchev–Trinajstić information content (AvgIpc) is 3.55. The summed E-state index contributed by atoms with van der Waals surface area (Å²) in [4.78, 5) is 27.7. The number of methoxy groups -OCH3 is 1. The third-order valence-electron chi connectivity index (χ3n) is 7.05. The number of carbonyl (C=O) groups excluding carboxylic acids is 1. The Bertz CT molecular complexity index is 1580. The summed E-state index contributed by atoms with van der Waals surface area (Å²) in [6.45, 7) is 3.62. The van der Waals surface area contributed by atoms with Crippen molar-refractivity contribution in [3.05, 3.63) is 113 Å². The molecule has 7 heteroatoms. The van der Waals surface area contributed by atoms with Crippen molar-refractivity contribution in [3.8, 4) is 17.6 Å². The minimum atomic E-state index is -0.100. The van der Waals surface area contributed by atoms with E-state index < -0.39 is 0 Å². The minimum absolute atomic E-state index is 0.0285. The van der Waals surface area contributed by atoms with Gasteiger partial charge in [-0.1, -0.05) is 66.6 Å². The van der Waals surface area contributed by atoms with Crippen LogP contribution in [-0.4, -0.2) is 52.6 Å². The third-order valence-corrected chi connectivity index (χ3v) is 7.05. The molecule has 3 heterocycles. The van der Waals surface area contributed by atoms with Crippen LogP contribution in [0.25, 0.3) is 0 Å². The van der Waals surface area contributed by atoms with Crippen LogP contribution in [0, 0.1) is 11.8 Å². The maximum absolute atomic E-state index is 13.9. The van der Waals surface area contributed by atoms with Gasteiger partial charge in [0.05, 0.1) is 26.2 Å². The number of fused-ring (bicyclic) bond motifs is 3. The van der Waals surface area contributed by atoms with Crippen LogP contribution >= 0.6 is 0 Å². The molecule has 3 aromatic carbocycles. The number of benzene rings is 3. The van der Waals surface area contributed by atoms with Gasteiger partial charge in [0.25, 0.3) is 5.91 Å². The molecule has 1 aromatic heterocycles. The number of anilines is 1. The fourth-order valence-corrected chi connectivity index (χ4v) is 5.11. The molecule has 0 radical (unpaired) electrons. The van der Waals surface area contributed by atoms with E-state index in [1.807, 2.05) is 84.3 Å². The lowest BCUT2D eigenvalue weighted by Crippen LogP contribution is -2.50. The molecule has 0 aliphatic carbocycles. The first-order chi connectivity index (χ1) is 19.1. The van der Waals surface area contributed by atoms with E-state index in [-0.39, 0.29) is 11.9 Å². The monoisotopic (exact) mass is 515 g/mol. The summed E-state index contributed by atoms with van der Waals surface area (Å²) in [6.07, 6.45) is 0.801. The second kappa shape index (κ2) is 10.5. The highest BCUT2D eigenvalue weighted by Gasteiger charge is 2.43. The Hall–Kier alpha value is -4.83. The molecule has 194 valence electrons. The van der Waals surface area contributed by atoms with Gasteiger partial charge in [-0.25, -0.2) is 9.98 Å². The number of ether oxygens (including phenoxy) is 1. The standard InChI is InChI=1S/C32H29N5O2/c1-3-35-31(38)29-30(37-22-26(33-32(35)37)20-24-12-8-5-9-13-24)34-28(19-16-23-10-6-4-7-11-23)36(29)21-25-14-17-27(39-2)18-15-25/h4-15,17-18,26H,3,20-22H2,1-2H3/t26-/m1/s1.